The van der Waals surface area contributed by atoms with E-state index >= 15 is 0 Å². The fourth-order valence-electron chi connectivity index (χ4n) is 1.27. The lowest BCUT2D eigenvalue weighted by Gasteiger charge is -2.11. The van der Waals surface area contributed by atoms with Crippen molar-refractivity contribution in [2.45, 2.75) is 41.5 Å². The van der Waals surface area contributed by atoms with Crippen molar-refractivity contribution in [1.82, 2.24) is 0 Å². The average Bonchev–Trinajstić information content (AvgIpc) is 2.60. The molecule has 0 radical (unpaired) electrons. The molecule has 0 saturated carbocycles. The van der Waals surface area contributed by atoms with Gasteiger partial charge in [0.1, 0.15) is 17.9 Å². The SMILES string of the molecule is C=C/C=C\C(=C/C)COC(=C/C)/C(=C\C=C)C(=O)O.CC.CC. The molecule has 0 aromatic rings. The number of aliphatic carboxylic acids is 1. The van der Waals surface area contributed by atoms with Crippen LogP contribution in [-0.4, -0.2) is 17.7 Å². The summed E-state index contributed by atoms with van der Waals surface area (Å²) in [6.45, 7) is 19.0. The van der Waals surface area contributed by atoms with Crippen LogP contribution in [-0.2, 0) is 9.53 Å². The minimum Gasteiger partial charge on any atom is -0.488 e. The zero-order valence-electron chi connectivity index (χ0n) is 15.4. The van der Waals surface area contributed by atoms with Crippen molar-refractivity contribution in [3.63, 3.8) is 0 Å². The summed E-state index contributed by atoms with van der Waals surface area (Å²) in [6, 6.07) is 0. The van der Waals surface area contributed by atoms with Gasteiger partial charge in [0.05, 0.1) is 0 Å². The highest BCUT2D eigenvalue weighted by molar-refractivity contribution is 5.91. The lowest BCUT2D eigenvalue weighted by atomic mass is 10.2. The van der Waals surface area contributed by atoms with E-state index in [2.05, 4.69) is 13.2 Å². The zero-order chi connectivity index (χ0) is 18.7. The summed E-state index contributed by atoms with van der Waals surface area (Å²) >= 11 is 0. The van der Waals surface area contributed by atoms with Crippen molar-refractivity contribution in [3.8, 4) is 0 Å². The lowest BCUT2D eigenvalue weighted by molar-refractivity contribution is -0.132. The topological polar surface area (TPSA) is 46.5 Å². The molecule has 0 aliphatic heterocycles. The first-order valence-corrected chi connectivity index (χ1v) is 7.90. The number of hydrogen-bond donors (Lipinski definition) is 1. The van der Waals surface area contributed by atoms with Crippen LogP contribution in [0.1, 0.15) is 41.5 Å². The quantitative estimate of drug-likeness (QED) is 0.347. The number of hydrogen-bond acceptors (Lipinski definition) is 2. The van der Waals surface area contributed by atoms with Crippen LogP contribution in [0.15, 0.2) is 72.6 Å². The second kappa shape index (κ2) is 19.7. The van der Waals surface area contributed by atoms with Crippen LogP contribution in [0.2, 0.25) is 0 Å². The monoisotopic (exact) mass is 320 g/mol. The molecule has 1 N–H and O–H groups in total. The summed E-state index contributed by atoms with van der Waals surface area (Å²) in [7, 11) is 0. The van der Waals surface area contributed by atoms with Gasteiger partial charge in [-0.25, -0.2) is 4.79 Å². The van der Waals surface area contributed by atoms with Crippen molar-refractivity contribution in [2.24, 2.45) is 0 Å². The first-order valence-electron chi connectivity index (χ1n) is 7.90. The van der Waals surface area contributed by atoms with Crippen molar-refractivity contribution < 1.29 is 14.6 Å². The smallest absolute Gasteiger partial charge is 0.339 e. The maximum absolute atomic E-state index is 11.1. The molecule has 0 amide bonds. The van der Waals surface area contributed by atoms with Crippen molar-refractivity contribution in [1.29, 1.82) is 0 Å². The molecule has 3 heteroatoms. The summed E-state index contributed by atoms with van der Waals surface area (Å²) in [4.78, 5) is 11.1. The van der Waals surface area contributed by atoms with E-state index in [0.717, 1.165) is 5.57 Å². The van der Waals surface area contributed by atoms with Crippen LogP contribution in [0.25, 0.3) is 0 Å². The molecule has 0 aromatic carbocycles. The molecule has 0 unspecified atom stereocenters. The summed E-state index contributed by atoms with van der Waals surface area (Å²) in [5.74, 6) is -0.726. The van der Waals surface area contributed by atoms with Gasteiger partial charge < -0.3 is 9.84 Å². The van der Waals surface area contributed by atoms with Gasteiger partial charge in [0.25, 0.3) is 0 Å². The molecule has 0 rings (SSSR count). The Balaban J connectivity index is -0.000000919. The summed E-state index contributed by atoms with van der Waals surface area (Å²) < 4.78 is 5.53. The molecule has 0 heterocycles. The Morgan fingerprint density at radius 2 is 1.61 bits per heavy atom. The molecule has 0 saturated heterocycles. The van der Waals surface area contributed by atoms with Gasteiger partial charge in [-0.2, -0.15) is 0 Å². The van der Waals surface area contributed by atoms with E-state index < -0.39 is 5.97 Å². The minimum absolute atomic E-state index is 0.0839. The van der Waals surface area contributed by atoms with Crippen molar-refractivity contribution in [2.75, 3.05) is 6.61 Å². The van der Waals surface area contributed by atoms with E-state index in [4.69, 9.17) is 9.84 Å². The van der Waals surface area contributed by atoms with Gasteiger partial charge in [0, 0.05) is 0 Å². The number of rotatable bonds is 8. The van der Waals surface area contributed by atoms with Gasteiger partial charge in [-0.1, -0.05) is 71.2 Å². The molecule has 0 aliphatic rings. The maximum Gasteiger partial charge on any atom is 0.339 e. The normalized spacial score (nSPS) is 11.7. The van der Waals surface area contributed by atoms with Crippen LogP contribution in [0.5, 0.6) is 0 Å². The number of carbonyl (C=O) groups is 1. The standard InChI is InChI=1S/C16H20O3.2C2H6/c1-5-9-11-13(7-3)12-19-15(8-4)14(10-6-2)16(17)18;2*1-2/h5-11H,1-2,12H2,3-4H3,(H,17,18);2*1-2H3/b11-9-,13-7+,14-10+,15-8+;;. The van der Waals surface area contributed by atoms with Gasteiger partial charge in [0.2, 0.25) is 0 Å². The molecule has 0 aliphatic carbocycles. The van der Waals surface area contributed by atoms with E-state index in [1.165, 1.54) is 12.2 Å². The molecule has 0 atom stereocenters. The molecule has 130 valence electrons. The second-order valence-corrected chi connectivity index (χ2v) is 3.52. The molecule has 0 spiro atoms. The molecular formula is C20H32O3. The molecule has 0 fully saturated rings. The highest BCUT2D eigenvalue weighted by Gasteiger charge is 2.13. The fourth-order valence-corrected chi connectivity index (χ4v) is 1.27. The third-order valence-corrected chi connectivity index (χ3v) is 2.25. The van der Waals surface area contributed by atoms with Crippen LogP contribution >= 0.6 is 0 Å². The number of carboxylic acid groups (broad SMARTS) is 1. The van der Waals surface area contributed by atoms with Crippen LogP contribution in [0.3, 0.4) is 0 Å². The minimum atomic E-state index is -1.04. The van der Waals surface area contributed by atoms with Gasteiger partial charge in [-0.3, -0.25) is 0 Å². The predicted molar refractivity (Wildman–Crippen MR) is 101 cm³/mol. The van der Waals surface area contributed by atoms with Crippen molar-refractivity contribution >= 4 is 5.97 Å². The number of allylic oxidation sites excluding steroid dienone is 6. The lowest BCUT2D eigenvalue weighted by Crippen LogP contribution is -2.07. The Bertz CT molecular complexity index is 450. The average molecular weight is 320 g/mol. The van der Waals surface area contributed by atoms with E-state index in [0.29, 0.717) is 12.4 Å². The predicted octanol–water partition coefficient (Wildman–Crippen LogP) is 5.84. The summed E-state index contributed by atoms with van der Waals surface area (Å²) in [5.41, 5.74) is 1.02. The van der Waals surface area contributed by atoms with E-state index in [1.54, 1.807) is 25.2 Å². The molecule has 23 heavy (non-hydrogen) atoms. The Kier molecular flexibility index (Phi) is 22.0. The molecule has 0 bridgehead atoms. The largest absolute Gasteiger partial charge is 0.488 e. The second-order valence-electron chi connectivity index (χ2n) is 3.52. The van der Waals surface area contributed by atoms with E-state index in [-0.39, 0.29) is 5.57 Å². The summed E-state index contributed by atoms with van der Waals surface area (Å²) in [6.07, 6.45) is 11.7. The van der Waals surface area contributed by atoms with E-state index in [1.807, 2.05) is 46.8 Å². The van der Waals surface area contributed by atoms with Gasteiger partial charge in [0.15, 0.2) is 0 Å². The van der Waals surface area contributed by atoms with Gasteiger partial charge in [-0.05, 0) is 31.6 Å². The highest BCUT2D eigenvalue weighted by atomic mass is 16.5. The number of carboxylic acids is 1. The van der Waals surface area contributed by atoms with Gasteiger partial charge in [-0.15, -0.1) is 0 Å². The molecule has 3 nitrogen and oxygen atoms in total. The van der Waals surface area contributed by atoms with Gasteiger partial charge >= 0.3 is 5.97 Å². The maximum atomic E-state index is 11.1. The van der Waals surface area contributed by atoms with Crippen molar-refractivity contribution in [3.05, 3.63) is 72.6 Å². The third-order valence-electron chi connectivity index (χ3n) is 2.25. The number of ether oxygens (including phenoxy) is 1. The van der Waals surface area contributed by atoms with Crippen LogP contribution in [0, 0.1) is 0 Å². The van der Waals surface area contributed by atoms with Crippen LogP contribution in [0.4, 0.5) is 0 Å². The first kappa shape index (κ1) is 25.7. The first-order chi connectivity index (χ1) is 11.1. The fraction of sp³-hybridized carbons (Fsp3) is 0.350. The van der Waals surface area contributed by atoms with Crippen LogP contribution < -0.4 is 0 Å². The Hall–Kier alpha value is -2.29. The third kappa shape index (κ3) is 13.1. The Morgan fingerprint density at radius 3 is 1.96 bits per heavy atom. The van der Waals surface area contributed by atoms with E-state index in [9.17, 15) is 4.79 Å². The summed E-state index contributed by atoms with van der Waals surface area (Å²) in [5, 5.41) is 9.09. The molecular weight excluding hydrogens is 288 g/mol. The molecule has 0 aromatic heterocycles. The highest BCUT2D eigenvalue weighted by Crippen LogP contribution is 2.14. The Labute approximate surface area is 142 Å². The Morgan fingerprint density at radius 1 is 1.04 bits per heavy atom. The zero-order valence-corrected chi connectivity index (χ0v) is 15.4.